The minimum Gasteiger partial charge on any atom is -0.478 e. The van der Waals surface area contributed by atoms with Crippen molar-refractivity contribution in [1.29, 1.82) is 0 Å². The summed E-state index contributed by atoms with van der Waals surface area (Å²) in [5.74, 6) is -1.15. The van der Waals surface area contributed by atoms with E-state index < -0.39 is 18.9 Å². The zero-order valence-corrected chi connectivity index (χ0v) is 7.28. The third-order valence-corrected chi connectivity index (χ3v) is 1.70. The van der Waals surface area contributed by atoms with E-state index in [9.17, 15) is 13.6 Å². The van der Waals surface area contributed by atoms with Crippen molar-refractivity contribution in [3.63, 3.8) is 0 Å². The monoisotopic (exact) mass is 201 g/mol. The molecule has 0 spiro atoms. The molecule has 0 saturated carbocycles. The molecule has 5 heteroatoms. The molecule has 0 bridgehead atoms. The number of aliphatic carboxylic acids is 1. The maximum absolute atomic E-state index is 12.0. The van der Waals surface area contributed by atoms with Gasteiger partial charge >= 0.3 is 5.97 Å². The van der Waals surface area contributed by atoms with Crippen molar-refractivity contribution >= 4 is 5.97 Å². The Kier molecular flexibility index (Phi) is 3.01. The van der Waals surface area contributed by atoms with Gasteiger partial charge in [-0.1, -0.05) is 6.58 Å². The van der Waals surface area contributed by atoms with E-state index in [1.165, 1.54) is 12.2 Å². The molecular formula is C9H9F2NO2. The Bertz CT molecular complexity index is 321. The first-order valence-corrected chi connectivity index (χ1v) is 3.87. The van der Waals surface area contributed by atoms with Crippen LogP contribution in [0.1, 0.15) is 0 Å². The molecule has 0 aromatic heterocycles. The number of rotatable bonds is 3. The lowest BCUT2D eigenvalue weighted by atomic mass is 10.2. The van der Waals surface area contributed by atoms with Gasteiger partial charge in [-0.15, -0.1) is 0 Å². The van der Waals surface area contributed by atoms with E-state index >= 15 is 0 Å². The molecule has 0 saturated heterocycles. The molecule has 0 radical (unpaired) electrons. The average molecular weight is 201 g/mol. The fraction of sp³-hybridized carbons (Fsp3) is 0.222. The highest BCUT2D eigenvalue weighted by molar-refractivity contribution is 5.90. The Hall–Kier alpha value is -1.65. The maximum Gasteiger partial charge on any atom is 0.337 e. The lowest BCUT2D eigenvalue weighted by molar-refractivity contribution is -0.132. The molecule has 1 aliphatic heterocycles. The van der Waals surface area contributed by atoms with Gasteiger partial charge in [0.05, 0.1) is 12.1 Å². The van der Waals surface area contributed by atoms with Gasteiger partial charge in [0.25, 0.3) is 6.43 Å². The molecule has 0 atom stereocenters. The van der Waals surface area contributed by atoms with E-state index in [1.54, 1.807) is 0 Å². The molecule has 0 fully saturated rings. The fourth-order valence-corrected chi connectivity index (χ4v) is 1.02. The second-order valence-electron chi connectivity index (χ2n) is 2.76. The lowest BCUT2D eigenvalue weighted by Crippen LogP contribution is -2.25. The summed E-state index contributed by atoms with van der Waals surface area (Å²) in [4.78, 5) is 11.6. The average Bonchev–Trinajstić information content (AvgIpc) is 2.07. The standard InChI is InChI=1S/C9H9F2NO2/c1-6-2-3-7(9(13)14)4-12(6)5-8(10)11/h2-4,8H,1,5H2,(H,13,14). The normalized spacial score (nSPS) is 16.1. The molecule has 0 aromatic carbocycles. The summed E-state index contributed by atoms with van der Waals surface area (Å²) in [6.07, 6.45) is 1.35. The molecule has 3 nitrogen and oxygen atoms in total. The van der Waals surface area contributed by atoms with Crippen LogP contribution >= 0.6 is 0 Å². The van der Waals surface area contributed by atoms with Crippen LogP contribution in [0.5, 0.6) is 0 Å². The minimum absolute atomic E-state index is 0.0296. The Labute approximate surface area is 79.6 Å². The first-order valence-electron chi connectivity index (χ1n) is 3.87. The molecule has 1 heterocycles. The van der Waals surface area contributed by atoms with Gasteiger partial charge in [-0.05, 0) is 12.2 Å². The quantitative estimate of drug-likeness (QED) is 0.754. The van der Waals surface area contributed by atoms with Crippen molar-refractivity contribution in [2.75, 3.05) is 6.54 Å². The number of carbonyl (C=O) groups is 1. The van der Waals surface area contributed by atoms with Crippen molar-refractivity contribution in [3.8, 4) is 0 Å². The first kappa shape index (κ1) is 10.4. The molecular weight excluding hydrogens is 192 g/mol. The van der Waals surface area contributed by atoms with Gasteiger partial charge < -0.3 is 10.0 Å². The Morgan fingerprint density at radius 3 is 2.71 bits per heavy atom. The van der Waals surface area contributed by atoms with Gasteiger partial charge in [0.1, 0.15) is 0 Å². The van der Waals surface area contributed by atoms with Crippen LogP contribution in [0.25, 0.3) is 0 Å². The predicted molar refractivity (Wildman–Crippen MR) is 46.7 cm³/mol. The summed E-state index contributed by atoms with van der Waals surface area (Å²) < 4.78 is 24.1. The molecule has 14 heavy (non-hydrogen) atoms. The van der Waals surface area contributed by atoms with Crippen LogP contribution < -0.4 is 0 Å². The number of carboxylic acids is 1. The van der Waals surface area contributed by atoms with Gasteiger partial charge in [-0.25, -0.2) is 13.6 Å². The van der Waals surface area contributed by atoms with Crippen LogP contribution in [0.4, 0.5) is 8.78 Å². The molecule has 0 aromatic rings. The smallest absolute Gasteiger partial charge is 0.337 e. The van der Waals surface area contributed by atoms with Crippen molar-refractivity contribution in [2.24, 2.45) is 0 Å². The van der Waals surface area contributed by atoms with Crippen molar-refractivity contribution in [3.05, 3.63) is 36.2 Å². The molecule has 1 rings (SSSR count). The second-order valence-corrected chi connectivity index (χ2v) is 2.76. The lowest BCUT2D eigenvalue weighted by Gasteiger charge is -2.23. The van der Waals surface area contributed by atoms with E-state index in [-0.39, 0.29) is 5.57 Å². The van der Waals surface area contributed by atoms with Gasteiger partial charge in [-0.3, -0.25) is 0 Å². The zero-order valence-electron chi connectivity index (χ0n) is 7.28. The number of allylic oxidation sites excluding steroid dienone is 1. The van der Waals surface area contributed by atoms with Crippen LogP contribution in [-0.4, -0.2) is 28.9 Å². The number of halogens is 2. The van der Waals surface area contributed by atoms with Gasteiger partial charge in [-0.2, -0.15) is 0 Å². The fourth-order valence-electron chi connectivity index (χ4n) is 1.02. The van der Waals surface area contributed by atoms with Crippen LogP contribution in [0.15, 0.2) is 36.2 Å². The number of hydrogen-bond acceptors (Lipinski definition) is 2. The summed E-state index contributed by atoms with van der Waals surface area (Å²) in [6.45, 7) is 2.97. The van der Waals surface area contributed by atoms with E-state index in [4.69, 9.17) is 5.11 Å². The Morgan fingerprint density at radius 2 is 2.21 bits per heavy atom. The molecule has 0 amide bonds. The number of hydrogen-bond donors (Lipinski definition) is 1. The van der Waals surface area contributed by atoms with Gasteiger partial charge in [0.15, 0.2) is 0 Å². The molecule has 76 valence electrons. The second kappa shape index (κ2) is 4.04. The number of carboxylic acid groups (broad SMARTS) is 1. The van der Waals surface area contributed by atoms with E-state index in [0.29, 0.717) is 5.70 Å². The predicted octanol–water partition coefficient (Wildman–Crippen LogP) is 1.61. The van der Waals surface area contributed by atoms with E-state index in [0.717, 1.165) is 11.1 Å². The first-order chi connectivity index (χ1) is 6.50. The highest BCUT2D eigenvalue weighted by Gasteiger charge is 2.16. The van der Waals surface area contributed by atoms with Crippen molar-refractivity contribution in [2.45, 2.75) is 6.43 Å². The topological polar surface area (TPSA) is 40.5 Å². The van der Waals surface area contributed by atoms with Gasteiger partial charge in [0.2, 0.25) is 0 Å². The summed E-state index contributed by atoms with van der Waals surface area (Å²) in [5, 5.41) is 8.61. The van der Waals surface area contributed by atoms with E-state index in [1.807, 2.05) is 0 Å². The van der Waals surface area contributed by atoms with Crippen LogP contribution in [-0.2, 0) is 4.79 Å². The van der Waals surface area contributed by atoms with Crippen LogP contribution in [0.2, 0.25) is 0 Å². The van der Waals surface area contributed by atoms with Crippen LogP contribution in [0, 0.1) is 0 Å². The molecule has 0 unspecified atom stereocenters. The summed E-state index contributed by atoms with van der Waals surface area (Å²) >= 11 is 0. The molecule has 0 aliphatic carbocycles. The minimum atomic E-state index is -2.52. The third kappa shape index (κ3) is 2.42. The zero-order chi connectivity index (χ0) is 10.7. The largest absolute Gasteiger partial charge is 0.478 e. The summed E-state index contributed by atoms with van der Waals surface area (Å²) in [6, 6.07) is 0. The van der Waals surface area contributed by atoms with Crippen molar-refractivity contribution in [1.82, 2.24) is 4.90 Å². The molecule has 1 N–H and O–H groups in total. The van der Waals surface area contributed by atoms with E-state index in [2.05, 4.69) is 6.58 Å². The SMILES string of the molecule is C=C1C=CC(C(=O)O)=CN1CC(F)F. The Morgan fingerprint density at radius 1 is 1.57 bits per heavy atom. The summed E-state index contributed by atoms with van der Waals surface area (Å²) in [7, 11) is 0. The summed E-state index contributed by atoms with van der Waals surface area (Å²) in [5.41, 5.74) is 0.327. The van der Waals surface area contributed by atoms with Gasteiger partial charge in [0, 0.05) is 11.9 Å². The Balaban J connectivity index is 2.80. The van der Waals surface area contributed by atoms with Crippen LogP contribution in [0.3, 0.4) is 0 Å². The highest BCUT2D eigenvalue weighted by atomic mass is 19.3. The number of nitrogens with zero attached hydrogens (tertiary/aromatic N) is 1. The highest BCUT2D eigenvalue weighted by Crippen LogP contribution is 2.16. The molecule has 1 aliphatic rings. The number of alkyl halides is 2. The van der Waals surface area contributed by atoms with Crippen molar-refractivity contribution < 1.29 is 18.7 Å². The maximum atomic E-state index is 12.0. The third-order valence-electron chi connectivity index (χ3n) is 1.70.